The van der Waals surface area contributed by atoms with Crippen LogP contribution >= 0.6 is 0 Å². The van der Waals surface area contributed by atoms with Gasteiger partial charge in [-0.1, -0.05) is 20.8 Å². The van der Waals surface area contributed by atoms with Gasteiger partial charge in [-0.2, -0.15) is 0 Å². The second-order valence-corrected chi connectivity index (χ2v) is 3.27. The molecule has 0 aromatic carbocycles. The fourth-order valence-corrected chi connectivity index (χ4v) is 1.56. The maximum atomic E-state index is 7.14. The second-order valence-electron chi connectivity index (χ2n) is 3.27. The van der Waals surface area contributed by atoms with E-state index in [0.29, 0.717) is 17.9 Å². The van der Waals surface area contributed by atoms with Gasteiger partial charge < -0.3 is 4.74 Å². The van der Waals surface area contributed by atoms with E-state index in [1.807, 2.05) is 0 Å². The highest BCUT2D eigenvalue weighted by Gasteiger charge is 2.34. The minimum absolute atomic E-state index is 0.0648. The van der Waals surface area contributed by atoms with Crippen molar-refractivity contribution in [1.82, 2.24) is 0 Å². The van der Waals surface area contributed by atoms with Gasteiger partial charge >= 0.3 is 0 Å². The van der Waals surface area contributed by atoms with Gasteiger partial charge in [-0.25, -0.2) is 0 Å². The van der Waals surface area contributed by atoms with Gasteiger partial charge in [0, 0.05) is 6.00 Å². The highest BCUT2D eigenvalue weighted by Crippen LogP contribution is 2.31. The number of hydrogen-bond acceptors (Lipinski definition) is 1. The number of ether oxygens (including phenoxy) is 1. The highest BCUT2D eigenvalue weighted by atomic mass is 16.5. The van der Waals surface area contributed by atoms with Crippen molar-refractivity contribution in [1.29, 1.82) is 1.34 Å². The Morgan fingerprint density at radius 1 is 1.50 bits per heavy atom. The van der Waals surface area contributed by atoms with E-state index in [-0.39, 0.29) is 6.00 Å². The van der Waals surface area contributed by atoms with E-state index < -0.39 is 0 Å². The van der Waals surface area contributed by atoms with Crippen molar-refractivity contribution in [3.63, 3.8) is 0 Å². The molecule has 0 bridgehead atoms. The molecule has 1 radical (unpaired) electrons. The topological polar surface area (TPSA) is 9.23 Å². The van der Waals surface area contributed by atoms with Crippen LogP contribution in [-0.2, 0) is 4.74 Å². The third kappa shape index (κ3) is 1.22. The van der Waals surface area contributed by atoms with E-state index >= 15 is 0 Å². The molecule has 1 rings (SSSR count). The molecule has 4 atom stereocenters. The van der Waals surface area contributed by atoms with E-state index in [0.717, 1.165) is 6.42 Å². The first-order chi connectivity index (χ1) is 5.20. The fourth-order valence-electron chi connectivity index (χ4n) is 1.56. The minimum atomic E-state index is 0.0648. The Balaban J connectivity index is 2.53. The van der Waals surface area contributed by atoms with Crippen molar-refractivity contribution in [3.8, 4) is 0 Å². The zero-order chi connectivity index (χ0) is 8.43. The Kier molecular flexibility index (Phi) is 1.98. The van der Waals surface area contributed by atoms with Gasteiger partial charge in [-0.3, -0.25) is 0 Å². The first-order valence-electron chi connectivity index (χ1n) is 4.65. The van der Waals surface area contributed by atoms with Crippen LogP contribution in [0.1, 0.15) is 27.2 Å². The summed E-state index contributed by atoms with van der Waals surface area (Å²) in [6.07, 6.45) is 1.44. The third-order valence-electron chi connectivity index (χ3n) is 2.67. The summed E-state index contributed by atoms with van der Waals surface area (Å²) >= 11 is 0. The molecule has 1 fully saturated rings. The van der Waals surface area contributed by atoms with Crippen molar-refractivity contribution in [2.45, 2.75) is 39.3 Å². The predicted octanol–water partition coefficient (Wildman–Crippen LogP) is 1.29. The molecule has 1 saturated heterocycles. The monoisotopic (exact) mass is 140 g/mol. The van der Waals surface area contributed by atoms with Crippen LogP contribution in [-0.4, -0.2) is 21.3 Å². The van der Waals surface area contributed by atoms with Crippen LogP contribution < -0.4 is 0 Å². The first kappa shape index (κ1) is 6.72. The lowest BCUT2D eigenvalue weighted by atomic mass is 9.81. The maximum absolute atomic E-state index is 7.14. The van der Waals surface area contributed by atoms with E-state index in [1.54, 1.807) is 0 Å². The summed E-state index contributed by atoms with van der Waals surface area (Å²) < 4.78 is 12.8. The van der Waals surface area contributed by atoms with Crippen molar-refractivity contribution in [3.05, 3.63) is 0 Å². The molecular weight excluding hydrogens is 123 g/mol. The lowest BCUT2D eigenvalue weighted by Crippen LogP contribution is -2.15. The van der Waals surface area contributed by atoms with E-state index in [4.69, 9.17) is 6.07 Å². The molecule has 0 aliphatic carbocycles. The average molecular weight is 140 g/mol. The minimum Gasteiger partial charge on any atom is -0.384 e. The quantitative estimate of drug-likeness (QED) is 0.525. The van der Waals surface area contributed by atoms with Gasteiger partial charge in [0.2, 0.25) is 0 Å². The van der Waals surface area contributed by atoms with Gasteiger partial charge in [0.1, 0.15) is 7.81 Å². The molecule has 0 spiro atoms. The van der Waals surface area contributed by atoms with Crippen molar-refractivity contribution < 1.29 is 4.74 Å². The summed E-state index contributed by atoms with van der Waals surface area (Å²) in [5.41, 5.74) is 0. The van der Waals surface area contributed by atoms with Crippen LogP contribution in [0.15, 0.2) is 0 Å². The third-order valence-corrected chi connectivity index (χ3v) is 2.67. The van der Waals surface area contributed by atoms with E-state index in [1.165, 1.54) is 7.81 Å². The Morgan fingerprint density at radius 2 is 2.20 bits per heavy atom. The SMILES string of the molecule is [2H][B][C@@H]1O[C@H](CC)C(C)C1C. The summed E-state index contributed by atoms with van der Waals surface area (Å²) in [6.45, 7) is 6.51. The van der Waals surface area contributed by atoms with Crippen molar-refractivity contribution in [2.24, 2.45) is 11.8 Å². The molecular formula is C8H16BO. The number of rotatable bonds is 2. The molecule has 1 aliphatic heterocycles. The molecule has 0 amide bonds. The van der Waals surface area contributed by atoms with Gasteiger partial charge in [0.05, 0.1) is 6.10 Å². The second kappa shape index (κ2) is 2.95. The molecule has 0 aromatic heterocycles. The molecule has 2 heteroatoms. The molecule has 1 nitrogen and oxygen atoms in total. The summed E-state index contributed by atoms with van der Waals surface area (Å²) in [4.78, 5) is 0. The molecule has 0 aromatic rings. The molecule has 0 N–H and O–H groups in total. The van der Waals surface area contributed by atoms with Gasteiger partial charge in [0.15, 0.2) is 0 Å². The first-order valence-corrected chi connectivity index (χ1v) is 4.07. The molecule has 1 aliphatic rings. The van der Waals surface area contributed by atoms with Crippen LogP contribution in [0.4, 0.5) is 0 Å². The summed E-state index contributed by atoms with van der Waals surface area (Å²) in [6, 6.07) is 0.0648. The van der Waals surface area contributed by atoms with Crippen LogP contribution in [0.5, 0.6) is 0 Å². The molecule has 2 unspecified atom stereocenters. The Labute approximate surface area is 65.9 Å². The summed E-state index contributed by atoms with van der Waals surface area (Å²) in [7, 11) is 1.43. The van der Waals surface area contributed by atoms with Crippen LogP contribution in [0.2, 0.25) is 0 Å². The largest absolute Gasteiger partial charge is 0.384 e. The summed E-state index contributed by atoms with van der Waals surface area (Å²) in [5.74, 6) is 1.11. The van der Waals surface area contributed by atoms with Crippen molar-refractivity contribution >= 4 is 7.81 Å². The lowest BCUT2D eigenvalue weighted by molar-refractivity contribution is 0.0698. The molecule has 10 heavy (non-hydrogen) atoms. The zero-order valence-corrected chi connectivity index (χ0v) is 7.00. The highest BCUT2D eigenvalue weighted by molar-refractivity contribution is 6.11. The lowest BCUT2D eigenvalue weighted by Gasteiger charge is -2.13. The Bertz CT molecular complexity index is 113. The molecule has 0 saturated carbocycles. The van der Waals surface area contributed by atoms with E-state index in [2.05, 4.69) is 20.8 Å². The standard InChI is InChI=1S/C8H16BO/c1-4-7-5(2)6(3)8(9)10-7/h5-9H,4H2,1-3H3/t5?,6?,7-,8-/m1/s1/i9D. The van der Waals surface area contributed by atoms with Crippen molar-refractivity contribution in [2.75, 3.05) is 0 Å². The zero-order valence-electron chi connectivity index (χ0n) is 8.00. The van der Waals surface area contributed by atoms with Gasteiger partial charge in [-0.05, 0) is 19.6 Å². The average Bonchev–Trinajstić information content (AvgIpc) is 2.30. The Hall–Kier alpha value is 0.0249. The van der Waals surface area contributed by atoms with Crippen LogP contribution in [0, 0.1) is 11.8 Å². The van der Waals surface area contributed by atoms with Gasteiger partial charge in [-0.15, -0.1) is 0 Å². The molecule has 1 heterocycles. The van der Waals surface area contributed by atoms with Gasteiger partial charge in [0.25, 0.3) is 0 Å². The molecule has 57 valence electrons. The normalized spacial score (nSPS) is 48.9. The van der Waals surface area contributed by atoms with Crippen LogP contribution in [0.25, 0.3) is 0 Å². The van der Waals surface area contributed by atoms with Crippen LogP contribution in [0.3, 0.4) is 0 Å². The van der Waals surface area contributed by atoms with E-state index in [9.17, 15) is 0 Å². The predicted molar refractivity (Wildman–Crippen MR) is 44.4 cm³/mol. The summed E-state index contributed by atoms with van der Waals surface area (Å²) in [5, 5.41) is 0. The maximum Gasteiger partial charge on any atom is 0.127 e. The number of hydrogen-bond donors (Lipinski definition) is 0. The Morgan fingerprint density at radius 3 is 2.50 bits per heavy atom. The fraction of sp³-hybridized carbons (Fsp3) is 1.00. The smallest absolute Gasteiger partial charge is 0.127 e.